The number of hydrogen-bond donors (Lipinski definition) is 3. The fraction of sp³-hybridized carbons (Fsp3) is 0.364. The summed E-state index contributed by atoms with van der Waals surface area (Å²) < 4.78 is 42.0. The first kappa shape index (κ1) is 18.2. The van der Waals surface area contributed by atoms with Gasteiger partial charge in [-0.15, -0.1) is 0 Å². The lowest BCUT2D eigenvalue weighted by molar-refractivity contribution is -0.141. The predicted octanol–water partition coefficient (Wildman–Crippen LogP) is 2.11. The number of alkyl halides is 3. The van der Waals surface area contributed by atoms with Gasteiger partial charge < -0.3 is 10.1 Å². The van der Waals surface area contributed by atoms with Crippen molar-refractivity contribution >= 4 is 40.7 Å². The van der Waals surface area contributed by atoms with Crippen LogP contribution in [0.3, 0.4) is 0 Å². The van der Waals surface area contributed by atoms with Crippen molar-refractivity contribution in [1.29, 1.82) is 0 Å². The van der Waals surface area contributed by atoms with E-state index in [-0.39, 0.29) is 29.1 Å². The second-order valence-corrected chi connectivity index (χ2v) is 4.61. The molecule has 1 heterocycles. The third kappa shape index (κ3) is 5.90. The molecule has 22 heavy (non-hydrogen) atoms. The molecule has 1 aromatic heterocycles. The smallest absolute Gasteiger partial charge is 0.417 e. The summed E-state index contributed by atoms with van der Waals surface area (Å²) in [6.07, 6.45) is -3.90. The fourth-order valence-corrected chi connectivity index (χ4v) is 1.55. The van der Waals surface area contributed by atoms with Gasteiger partial charge >= 0.3 is 12.1 Å². The van der Waals surface area contributed by atoms with Crippen LogP contribution in [0.25, 0.3) is 0 Å². The number of carbonyl (C=O) groups excluding carboxylic acids is 1. The maximum absolute atomic E-state index is 12.4. The summed E-state index contributed by atoms with van der Waals surface area (Å²) in [5.74, 6) is -0.549. The molecule has 3 N–H and O–H groups in total. The van der Waals surface area contributed by atoms with E-state index >= 15 is 0 Å². The summed E-state index contributed by atoms with van der Waals surface area (Å²) in [5, 5.41) is 2.30. The zero-order valence-electron chi connectivity index (χ0n) is 11.3. The molecular weight excluding hydrogens is 345 g/mol. The van der Waals surface area contributed by atoms with Crippen molar-refractivity contribution in [3.63, 3.8) is 0 Å². The Bertz CT molecular complexity index is 557. The Labute approximate surface area is 134 Å². The van der Waals surface area contributed by atoms with Gasteiger partial charge in [-0.05, 0) is 25.2 Å². The predicted molar refractivity (Wildman–Crippen MR) is 78.2 cm³/mol. The molecule has 122 valence electrons. The Balaban J connectivity index is 2.51. The number of ether oxygens (including phenoxy) is 1. The minimum atomic E-state index is -4.53. The van der Waals surface area contributed by atoms with E-state index in [1.165, 1.54) is 0 Å². The highest BCUT2D eigenvalue weighted by atomic mass is 35.5. The van der Waals surface area contributed by atoms with Crippen LogP contribution in [-0.4, -0.2) is 29.2 Å². The van der Waals surface area contributed by atoms with Crippen molar-refractivity contribution < 1.29 is 22.7 Å². The number of thiocarbonyl (C=S) groups is 1. The van der Waals surface area contributed by atoms with Gasteiger partial charge in [0, 0.05) is 6.20 Å². The van der Waals surface area contributed by atoms with Gasteiger partial charge in [-0.1, -0.05) is 11.6 Å². The highest BCUT2D eigenvalue weighted by Gasteiger charge is 2.31. The first-order chi connectivity index (χ1) is 10.2. The van der Waals surface area contributed by atoms with Crippen molar-refractivity contribution in [2.24, 2.45) is 0 Å². The topological polar surface area (TPSA) is 75.3 Å². The number of carbonyl (C=O) groups is 1. The highest BCUT2D eigenvalue weighted by Crippen LogP contribution is 2.32. The molecule has 0 bridgehead atoms. The molecule has 0 saturated heterocycles. The molecule has 0 aliphatic heterocycles. The molecule has 0 atom stereocenters. The average molecular weight is 357 g/mol. The van der Waals surface area contributed by atoms with Crippen LogP contribution in [0, 0.1) is 0 Å². The van der Waals surface area contributed by atoms with E-state index in [9.17, 15) is 18.0 Å². The molecule has 0 aliphatic rings. The quantitative estimate of drug-likeness (QED) is 0.424. The van der Waals surface area contributed by atoms with E-state index in [4.69, 9.17) is 23.8 Å². The molecule has 11 heteroatoms. The Morgan fingerprint density at radius 3 is 2.73 bits per heavy atom. The van der Waals surface area contributed by atoms with Crippen LogP contribution in [0.5, 0.6) is 0 Å². The lowest BCUT2D eigenvalue weighted by Crippen LogP contribution is -2.41. The molecular formula is C11H12ClF3N4O2S. The summed E-state index contributed by atoms with van der Waals surface area (Å²) in [6, 6.07) is 0.730. The fourth-order valence-electron chi connectivity index (χ4n) is 1.21. The molecule has 1 aromatic rings. The Hall–Kier alpha value is -1.81. The number of esters is 1. The third-order valence-electron chi connectivity index (χ3n) is 2.16. The van der Waals surface area contributed by atoms with E-state index in [0.29, 0.717) is 6.20 Å². The Kier molecular flexibility index (Phi) is 6.62. The number of nitrogens with one attached hydrogen (secondary N) is 3. The van der Waals surface area contributed by atoms with E-state index in [0.717, 1.165) is 6.07 Å². The molecule has 0 saturated carbocycles. The summed E-state index contributed by atoms with van der Waals surface area (Å²) in [7, 11) is 0. The molecule has 1 rings (SSSR count). The van der Waals surface area contributed by atoms with Crippen LogP contribution in [0.4, 0.5) is 19.0 Å². The SMILES string of the molecule is CCOC(=O)CNC(=S)NNc1ncc(C(F)(F)F)cc1Cl. The zero-order chi connectivity index (χ0) is 16.8. The summed E-state index contributed by atoms with van der Waals surface area (Å²) in [6.45, 7) is 1.74. The molecule has 0 spiro atoms. The number of pyridine rings is 1. The second kappa shape index (κ2) is 7.99. The standard InChI is InChI=1S/C11H12ClF3N4O2S/c1-2-21-8(20)5-17-10(22)19-18-9-7(12)3-6(4-16-9)11(13,14)15/h3-4H,2,5H2,1H3,(H,16,18)(H2,17,19,22). The van der Waals surface area contributed by atoms with Gasteiger partial charge in [0.05, 0.1) is 17.2 Å². The van der Waals surface area contributed by atoms with Gasteiger partial charge in [-0.2, -0.15) is 13.2 Å². The van der Waals surface area contributed by atoms with Crippen LogP contribution in [0.1, 0.15) is 12.5 Å². The normalized spacial score (nSPS) is 10.8. The van der Waals surface area contributed by atoms with Crippen molar-refractivity contribution in [3.8, 4) is 0 Å². The van der Waals surface area contributed by atoms with Gasteiger partial charge in [-0.25, -0.2) is 4.98 Å². The molecule has 0 amide bonds. The van der Waals surface area contributed by atoms with Gasteiger partial charge in [0.2, 0.25) is 0 Å². The highest BCUT2D eigenvalue weighted by molar-refractivity contribution is 7.80. The van der Waals surface area contributed by atoms with Gasteiger partial charge in [0.25, 0.3) is 0 Å². The first-order valence-corrected chi connectivity index (χ1v) is 6.71. The minimum Gasteiger partial charge on any atom is -0.465 e. The van der Waals surface area contributed by atoms with E-state index in [2.05, 4.69) is 25.9 Å². The molecule has 6 nitrogen and oxygen atoms in total. The molecule has 0 aliphatic carbocycles. The maximum atomic E-state index is 12.4. The molecule has 0 radical (unpaired) electrons. The molecule has 0 fully saturated rings. The van der Waals surface area contributed by atoms with Crippen molar-refractivity contribution in [2.75, 3.05) is 18.6 Å². The van der Waals surface area contributed by atoms with Gasteiger partial charge in [-0.3, -0.25) is 15.6 Å². The second-order valence-electron chi connectivity index (χ2n) is 3.79. The number of anilines is 1. The Morgan fingerprint density at radius 2 is 2.18 bits per heavy atom. The summed E-state index contributed by atoms with van der Waals surface area (Å²) in [4.78, 5) is 14.6. The number of hydrazine groups is 1. The largest absolute Gasteiger partial charge is 0.465 e. The first-order valence-electron chi connectivity index (χ1n) is 5.92. The van der Waals surface area contributed by atoms with E-state index in [1.54, 1.807) is 6.92 Å². The van der Waals surface area contributed by atoms with E-state index < -0.39 is 17.7 Å². The van der Waals surface area contributed by atoms with Crippen molar-refractivity contribution in [1.82, 2.24) is 15.7 Å². The number of hydrogen-bond acceptors (Lipinski definition) is 5. The summed E-state index contributed by atoms with van der Waals surface area (Å²) in [5.41, 5.74) is 3.89. The van der Waals surface area contributed by atoms with Crippen molar-refractivity contribution in [3.05, 3.63) is 22.8 Å². The van der Waals surface area contributed by atoms with Crippen LogP contribution < -0.4 is 16.2 Å². The zero-order valence-corrected chi connectivity index (χ0v) is 12.8. The Morgan fingerprint density at radius 1 is 1.50 bits per heavy atom. The number of rotatable bonds is 5. The lowest BCUT2D eigenvalue weighted by atomic mass is 10.3. The maximum Gasteiger partial charge on any atom is 0.417 e. The number of aromatic nitrogens is 1. The average Bonchev–Trinajstić information content (AvgIpc) is 2.43. The minimum absolute atomic E-state index is 0.0193. The van der Waals surface area contributed by atoms with E-state index in [1.807, 2.05) is 0 Å². The third-order valence-corrected chi connectivity index (χ3v) is 2.70. The monoisotopic (exact) mass is 356 g/mol. The molecule has 0 aromatic carbocycles. The lowest BCUT2D eigenvalue weighted by Gasteiger charge is -2.13. The number of nitrogens with zero attached hydrogens (tertiary/aromatic N) is 1. The van der Waals surface area contributed by atoms with Crippen LogP contribution in [0.15, 0.2) is 12.3 Å². The summed E-state index contributed by atoms with van der Waals surface area (Å²) >= 11 is 10.5. The van der Waals surface area contributed by atoms with Gasteiger partial charge in [0.15, 0.2) is 10.9 Å². The van der Waals surface area contributed by atoms with Crippen LogP contribution in [0.2, 0.25) is 5.02 Å². The van der Waals surface area contributed by atoms with Gasteiger partial charge in [0.1, 0.15) is 6.54 Å². The van der Waals surface area contributed by atoms with Crippen LogP contribution in [-0.2, 0) is 15.7 Å². The van der Waals surface area contributed by atoms with Crippen LogP contribution >= 0.6 is 23.8 Å². The number of halogens is 4. The van der Waals surface area contributed by atoms with Crippen molar-refractivity contribution in [2.45, 2.75) is 13.1 Å². The molecule has 0 unspecified atom stereocenters.